The third kappa shape index (κ3) is 11.7. The second-order valence-electron chi connectivity index (χ2n) is 7.59. The van der Waals surface area contributed by atoms with Gasteiger partial charge in [0.25, 0.3) is 0 Å². The van der Waals surface area contributed by atoms with E-state index in [0.717, 1.165) is 9.52 Å². The first-order chi connectivity index (χ1) is 14.2. The third-order valence-electron chi connectivity index (χ3n) is 5.01. The van der Waals surface area contributed by atoms with Crippen LogP contribution in [0.2, 0.25) is 12.1 Å². The van der Waals surface area contributed by atoms with Crippen LogP contribution in [-0.4, -0.2) is 9.52 Å². The molecule has 32 heavy (non-hydrogen) atoms. The molecule has 0 saturated carbocycles. The zero-order valence-electron chi connectivity index (χ0n) is 20.0. The van der Waals surface area contributed by atoms with E-state index in [1.54, 1.807) is 0 Å². The van der Waals surface area contributed by atoms with Gasteiger partial charge in [0.1, 0.15) is 0 Å². The molecule has 0 nitrogen and oxygen atoms in total. The number of halogens is 2. The molecule has 0 bridgehead atoms. The van der Waals surface area contributed by atoms with Crippen LogP contribution in [-0.2, 0) is 39.0 Å². The van der Waals surface area contributed by atoms with Gasteiger partial charge in [-0.3, -0.25) is 0 Å². The molecule has 171 valence electrons. The average molecular weight is 653 g/mol. The van der Waals surface area contributed by atoms with Crippen LogP contribution in [0.15, 0.2) is 72.8 Å². The van der Waals surface area contributed by atoms with Crippen LogP contribution in [0.25, 0.3) is 21.5 Å². The maximum absolute atomic E-state index is 2.29. The molecular formula is C28H37Br2SiZr. The molecule has 0 aliphatic carbocycles. The van der Waals surface area contributed by atoms with Crippen LogP contribution in [0.4, 0.5) is 0 Å². The molecule has 0 heterocycles. The number of hydrogen-bond donors (Lipinski definition) is 0. The van der Waals surface area contributed by atoms with Crippen molar-refractivity contribution in [3.8, 4) is 0 Å². The van der Waals surface area contributed by atoms with Crippen molar-refractivity contribution >= 4 is 31.1 Å². The van der Waals surface area contributed by atoms with E-state index < -0.39 is 0 Å². The van der Waals surface area contributed by atoms with Crippen molar-refractivity contribution in [1.82, 2.24) is 0 Å². The standard InChI is InChI=1S/2C12H13.C4H11Si.2BrH.Zr/c2*1-2-5-10-8-11-6-3-4-7-12(11)9-10;1-3-5-4-2;;;/h2*3-4,6-9H,2,5H2,1H3;5H,3-4H2,1-2H3;2*1H;/q2*-1;;;;+4/p-2. The van der Waals surface area contributed by atoms with Gasteiger partial charge in [-0.05, 0) is 12.8 Å². The molecule has 4 aromatic rings. The maximum Gasteiger partial charge on any atom is 4.00 e. The second-order valence-corrected chi connectivity index (χ2v) is 9.80. The van der Waals surface area contributed by atoms with Crippen molar-refractivity contribution in [2.75, 3.05) is 0 Å². The molecule has 0 N–H and O–H groups in total. The molecule has 0 saturated heterocycles. The van der Waals surface area contributed by atoms with Gasteiger partial charge < -0.3 is 34.0 Å². The molecule has 0 spiro atoms. The number of benzene rings is 2. The number of fused-ring (bicyclic) bond motifs is 2. The Morgan fingerprint density at radius 3 is 1.28 bits per heavy atom. The molecule has 4 rings (SSSR count). The summed E-state index contributed by atoms with van der Waals surface area (Å²) in [5.74, 6) is 0. The fourth-order valence-electron chi connectivity index (χ4n) is 3.58. The molecule has 0 unspecified atom stereocenters. The van der Waals surface area contributed by atoms with Gasteiger partial charge in [0.15, 0.2) is 0 Å². The Balaban J connectivity index is 0. The Morgan fingerprint density at radius 2 is 1.00 bits per heavy atom. The molecule has 0 aliphatic rings. The Bertz CT molecular complexity index is 814. The summed E-state index contributed by atoms with van der Waals surface area (Å²) in [6, 6.07) is 29.1. The van der Waals surface area contributed by atoms with E-state index in [0.29, 0.717) is 0 Å². The van der Waals surface area contributed by atoms with Gasteiger partial charge in [-0.25, -0.2) is 0 Å². The van der Waals surface area contributed by atoms with E-state index in [1.807, 2.05) is 0 Å². The SMILES string of the molecule is CCCc1cc2ccccc2[cH-]1.CCCc1cc2ccccc2[cH-]1.CC[SiH]CC.[Br-].[Br-].[Zr+4]. The maximum atomic E-state index is 2.29. The van der Waals surface area contributed by atoms with Crippen LogP contribution in [0.1, 0.15) is 51.7 Å². The Labute approximate surface area is 238 Å². The van der Waals surface area contributed by atoms with Crippen LogP contribution < -0.4 is 34.0 Å². The molecule has 0 atom stereocenters. The molecule has 4 heteroatoms. The van der Waals surface area contributed by atoms with E-state index in [4.69, 9.17) is 0 Å². The van der Waals surface area contributed by atoms with Gasteiger partial charge >= 0.3 is 26.2 Å². The largest absolute Gasteiger partial charge is 4.00 e. The third-order valence-corrected chi connectivity index (χ3v) is 6.17. The Morgan fingerprint density at radius 1 is 0.625 bits per heavy atom. The van der Waals surface area contributed by atoms with Crippen LogP contribution >= 0.6 is 0 Å². The molecule has 4 aromatic carbocycles. The number of hydrogen-bond acceptors (Lipinski definition) is 0. The minimum atomic E-state index is 0. The zero-order valence-corrected chi connectivity index (χ0v) is 26.8. The van der Waals surface area contributed by atoms with Crippen molar-refractivity contribution in [1.29, 1.82) is 0 Å². The quantitative estimate of drug-likeness (QED) is 0.222. The van der Waals surface area contributed by atoms with E-state index in [-0.39, 0.29) is 60.2 Å². The predicted molar refractivity (Wildman–Crippen MR) is 135 cm³/mol. The van der Waals surface area contributed by atoms with Crippen LogP contribution in [0.5, 0.6) is 0 Å². The van der Waals surface area contributed by atoms with Crippen LogP contribution in [0.3, 0.4) is 0 Å². The van der Waals surface area contributed by atoms with Gasteiger partial charge in [0, 0.05) is 9.52 Å². The smallest absolute Gasteiger partial charge is 1.00 e. The fraction of sp³-hybridized carbons (Fsp3) is 0.357. The summed E-state index contributed by atoms with van der Waals surface area (Å²) in [7, 11) is 0.815. The van der Waals surface area contributed by atoms with Crippen molar-refractivity contribution < 1.29 is 60.2 Å². The first kappa shape index (κ1) is 33.9. The van der Waals surface area contributed by atoms with E-state index in [1.165, 1.54) is 70.4 Å². The summed E-state index contributed by atoms with van der Waals surface area (Å²) >= 11 is 0. The summed E-state index contributed by atoms with van der Waals surface area (Å²) < 4.78 is 0. The van der Waals surface area contributed by atoms with Gasteiger partial charge in [0.2, 0.25) is 0 Å². The summed E-state index contributed by atoms with van der Waals surface area (Å²) in [5, 5.41) is 5.50. The molecular weight excluding hydrogens is 615 g/mol. The monoisotopic (exact) mass is 649 g/mol. The summed E-state index contributed by atoms with van der Waals surface area (Å²) in [6.45, 7) is 8.94. The second kappa shape index (κ2) is 20.1. The summed E-state index contributed by atoms with van der Waals surface area (Å²) in [6.07, 6.45) is 4.87. The van der Waals surface area contributed by atoms with Gasteiger partial charge in [-0.1, -0.05) is 64.8 Å². The summed E-state index contributed by atoms with van der Waals surface area (Å²) in [4.78, 5) is 0. The Hall–Kier alpha value is -0.280. The molecule has 0 amide bonds. The minimum absolute atomic E-state index is 0. The van der Waals surface area contributed by atoms with Gasteiger partial charge in [0.05, 0.1) is 0 Å². The van der Waals surface area contributed by atoms with Crippen molar-refractivity contribution in [3.63, 3.8) is 0 Å². The molecule has 0 aliphatic heterocycles. The zero-order chi connectivity index (χ0) is 20.9. The summed E-state index contributed by atoms with van der Waals surface area (Å²) in [5.41, 5.74) is 2.94. The van der Waals surface area contributed by atoms with Gasteiger partial charge in [-0.2, -0.15) is 12.1 Å². The van der Waals surface area contributed by atoms with Crippen molar-refractivity contribution in [2.45, 2.75) is 65.5 Å². The van der Waals surface area contributed by atoms with Crippen molar-refractivity contribution in [3.05, 3.63) is 83.9 Å². The first-order valence-corrected chi connectivity index (χ1v) is 12.9. The normalized spacial score (nSPS) is 9.38. The topological polar surface area (TPSA) is 0 Å². The molecule has 0 fully saturated rings. The predicted octanol–water partition coefficient (Wildman–Crippen LogP) is 2.33. The van der Waals surface area contributed by atoms with Crippen molar-refractivity contribution in [2.24, 2.45) is 0 Å². The average Bonchev–Trinajstić information content (AvgIpc) is 3.33. The van der Waals surface area contributed by atoms with Gasteiger partial charge in [-0.15, -0.1) is 81.2 Å². The fourth-order valence-corrected chi connectivity index (χ4v) is 4.16. The molecule has 0 aromatic heterocycles. The van der Waals surface area contributed by atoms with Crippen LogP contribution in [0, 0.1) is 0 Å². The number of rotatable bonds is 6. The number of aryl methyl sites for hydroxylation is 2. The van der Waals surface area contributed by atoms with E-state index in [9.17, 15) is 0 Å². The Kier molecular flexibility index (Phi) is 21.3. The van der Waals surface area contributed by atoms with E-state index >= 15 is 0 Å². The minimum Gasteiger partial charge on any atom is -1.00 e. The molecule has 1 radical (unpaired) electrons. The van der Waals surface area contributed by atoms with E-state index in [2.05, 4.69) is 100 Å². The first-order valence-electron chi connectivity index (χ1n) is 11.3.